The summed E-state index contributed by atoms with van der Waals surface area (Å²) in [6, 6.07) is 4.93. The average Bonchev–Trinajstić information content (AvgIpc) is 2.96. The smallest absolute Gasteiger partial charge is 0.173 e. The van der Waals surface area contributed by atoms with Gasteiger partial charge < -0.3 is 21.2 Å². The number of nitrogens with zero attached hydrogens (tertiary/aromatic N) is 2. The summed E-state index contributed by atoms with van der Waals surface area (Å²) in [7, 11) is 0. The first-order valence-corrected chi connectivity index (χ1v) is 7.34. The summed E-state index contributed by atoms with van der Waals surface area (Å²) in [6.07, 6.45) is 1.19. The predicted molar refractivity (Wildman–Crippen MR) is 80.8 cm³/mol. The van der Waals surface area contributed by atoms with E-state index in [1.165, 1.54) is 12.5 Å². The molecule has 0 saturated carbocycles. The van der Waals surface area contributed by atoms with Gasteiger partial charge in [0.05, 0.1) is 5.56 Å². The molecular formula is C15H23FN4O. The number of rotatable bonds is 6. The summed E-state index contributed by atoms with van der Waals surface area (Å²) in [5.41, 5.74) is 6.12. The molecule has 1 heterocycles. The van der Waals surface area contributed by atoms with Crippen molar-refractivity contribution in [3.63, 3.8) is 0 Å². The minimum absolute atomic E-state index is 0.134. The van der Waals surface area contributed by atoms with Gasteiger partial charge in [0.25, 0.3) is 0 Å². The molecule has 1 aromatic rings. The van der Waals surface area contributed by atoms with Gasteiger partial charge in [-0.2, -0.15) is 0 Å². The maximum absolute atomic E-state index is 14.2. The molecular weight excluding hydrogens is 271 g/mol. The molecule has 1 unspecified atom stereocenters. The van der Waals surface area contributed by atoms with Crippen molar-refractivity contribution in [3.8, 4) is 0 Å². The Morgan fingerprint density at radius 2 is 2.38 bits per heavy atom. The zero-order valence-electron chi connectivity index (χ0n) is 12.3. The monoisotopic (exact) mass is 294 g/mol. The van der Waals surface area contributed by atoms with E-state index in [2.05, 4.69) is 22.3 Å². The molecule has 21 heavy (non-hydrogen) atoms. The standard InChI is InChI=1S/C15H23FN4O/c1-2-20-7-6-11(10-20)8-18-9-12-4-3-5-13(14(12)16)15(17)19-21/h3-5,11,18,21H,2,6-10H2,1H3,(H2,17,19). The van der Waals surface area contributed by atoms with Gasteiger partial charge in [-0.25, -0.2) is 4.39 Å². The number of hydrogen-bond acceptors (Lipinski definition) is 4. The van der Waals surface area contributed by atoms with Gasteiger partial charge in [-0.15, -0.1) is 0 Å². The van der Waals surface area contributed by atoms with Crippen molar-refractivity contribution in [2.24, 2.45) is 16.8 Å². The number of oxime groups is 1. The lowest BCUT2D eigenvalue weighted by Crippen LogP contribution is -2.26. The van der Waals surface area contributed by atoms with Gasteiger partial charge in [-0.3, -0.25) is 0 Å². The summed E-state index contributed by atoms with van der Waals surface area (Å²) in [4.78, 5) is 2.42. The number of nitrogens with two attached hydrogens (primary N) is 1. The Hall–Kier alpha value is -1.66. The van der Waals surface area contributed by atoms with E-state index >= 15 is 0 Å². The van der Waals surface area contributed by atoms with Crippen molar-refractivity contribution in [2.75, 3.05) is 26.2 Å². The Bertz CT molecular complexity index is 506. The average molecular weight is 294 g/mol. The van der Waals surface area contributed by atoms with Crippen LogP contribution in [0.25, 0.3) is 0 Å². The summed E-state index contributed by atoms with van der Waals surface area (Å²) < 4.78 is 14.2. The van der Waals surface area contributed by atoms with E-state index in [0.29, 0.717) is 18.0 Å². The van der Waals surface area contributed by atoms with Crippen molar-refractivity contribution in [1.82, 2.24) is 10.2 Å². The number of benzene rings is 1. The number of nitrogens with one attached hydrogen (secondary N) is 1. The third-order valence-electron chi connectivity index (χ3n) is 4.03. The molecule has 1 fully saturated rings. The van der Waals surface area contributed by atoms with Gasteiger partial charge >= 0.3 is 0 Å². The maximum Gasteiger partial charge on any atom is 0.173 e. The van der Waals surface area contributed by atoms with Crippen LogP contribution in [0.15, 0.2) is 23.4 Å². The van der Waals surface area contributed by atoms with Gasteiger partial charge in [0.1, 0.15) is 5.82 Å². The molecule has 116 valence electrons. The highest BCUT2D eigenvalue weighted by Gasteiger charge is 2.20. The van der Waals surface area contributed by atoms with Gasteiger partial charge in [0.2, 0.25) is 0 Å². The molecule has 4 N–H and O–H groups in total. The lowest BCUT2D eigenvalue weighted by atomic mass is 10.1. The van der Waals surface area contributed by atoms with E-state index < -0.39 is 5.82 Å². The second-order valence-corrected chi connectivity index (χ2v) is 5.44. The van der Waals surface area contributed by atoms with E-state index in [9.17, 15) is 4.39 Å². The van der Waals surface area contributed by atoms with Crippen molar-refractivity contribution in [1.29, 1.82) is 0 Å². The molecule has 1 aliphatic rings. The first kappa shape index (κ1) is 15.7. The van der Waals surface area contributed by atoms with Crippen LogP contribution in [0.2, 0.25) is 0 Å². The summed E-state index contributed by atoms with van der Waals surface area (Å²) in [5, 5.41) is 14.8. The predicted octanol–water partition coefficient (Wildman–Crippen LogP) is 1.35. The molecule has 0 aliphatic carbocycles. The highest BCUT2D eigenvalue weighted by molar-refractivity contribution is 5.97. The lowest BCUT2D eigenvalue weighted by Gasteiger charge is -2.14. The van der Waals surface area contributed by atoms with Gasteiger partial charge in [-0.05, 0) is 38.0 Å². The minimum Gasteiger partial charge on any atom is -0.409 e. The quantitative estimate of drug-likeness (QED) is 0.320. The van der Waals surface area contributed by atoms with Crippen molar-refractivity contribution >= 4 is 5.84 Å². The van der Waals surface area contributed by atoms with Crippen LogP contribution in [0.1, 0.15) is 24.5 Å². The summed E-state index contributed by atoms with van der Waals surface area (Å²) in [6.45, 7) is 6.84. The highest BCUT2D eigenvalue weighted by Crippen LogP contribution is 2.16. The van der Waals surface area contributed by atoms with Crippen molar-refractivity contribution < 1.29 is 9.60 Å². The Morgan fingerprint density at radius 1 is 1.57 bits per heavy atom. The first-order valence-electron chi connectivity index (χ1n) is 7.34. The van der Waals surface area contributed by atoms with E-state index in [4.69, 9.17) is 10.9 Å². The Kier molecular flexibility index (Phi) is 5.52. The number of hydrogen-bond donors (Lipinski definition) is 3. The van der Waals surface area contributed by atoms with Crippen LogP contribution in [0.3, 0.4) is 0 Å². The molecule has 0 radical (unpaired) electrons. The minimum atomic E-state index is -0.429. The van der Waals surface area contributed by atoms with Crippen LogP contribution < -0.4 is 11.1 Å². The van der Waals surface area contributed by atoms with Gasteiger partial charge in [0.15, 0.2) is 5.84 Å². The van der Waals surface area contributed by atoms with Crippen LogP contribution in [-0.4, -0.2) is 42.1 Å². The number of likely N-dealkylation sites (tertiary alicyclic amines) is 1. The number of amidine groups is 1. The van der Waals surface area contributed by atoms with Gasteiger partial charge in [-0.1, -0.05) is 24.2 Å². The van der Waals surface area contributed by atoms with E-state index in [0.717, 1.165) is 26.2 Å². The normalized spacial score (nSPS) is 20.1. The third kappa shape index (κ3) is 3.92. The van der Waals surface area contributed by atoms with Crippen molar-refractivity contribution in [2.45, 2.75) is 19.9 Å². The van der Waals surface area contributed by atoms with Gasteiger partial charge in [0, 0.05) is 18.7 Å². The fourth-order valence-electron chi connectivity index (χ4n) is 2.75. The zero-order chi connectivity index (χ0) is 15.2. The second-order valence-electron chi connectivity index (χ2n) is 5.44. The fraction of sp³-hybridized carbons (Fsp3) is 0.533. The fourth-order valence-corrected chi connectivity index (χ4v) is 2.75. The van der Waals surface area contributed by atoms with Crippen LogP contribution in [0.5, 0.6) is 0 Å². The third-order valence-corrected chi connectivity index (χ3v) is 4.03. The Labute approximate surface area is 124 Å². The topological polar surface area (TPSA) is 73.9 Å². The zero-order valence-corrected chi connectivity index (χ0v) is 12.3. The SMILES string of the molecule is CCN1CCC(CNCc2cccc(/C(N)=N/O)c2F)C1. The van der Waals surface area contributed by atoms with Crippen molar-refractivity contribution in [3.05, 3.63) is 35.1 Å². The molecule has 0 bridgehead atoms. The van der Waals surface area contributed by atoms with Crippen LogP contribution in [0, 0.1) is 11.7 Å². The summed E-state index contributed by atoms with van der Waals surface area (Å²) in [5.74, 6) is -0.00842. The molecule has 0 amide bonds. The molecule has 5 nitrogen and oxygen atoms in total. The summed E-state index contributed by atoms with van der Waals surface area (Å²) >= 11 is 0. The maximum atomic E-state index is 14.2. The number of halogens is 1. The first-order chi connectivity index (χ1) is 10.2. The van der Waals surface area contributed by atoms with E-state index in [1.807, 2.05) is 0 Å². The molecule has 0 aromatic heterocycles. The molecule has 1 aromatic carbocycles. The van der Waals surface area contributed by atoms with E-state index in [1.54, 1.807) is 12.1 Å². The molecule has 1 aliphatic heterocycles. The van der Waals surface area contributed by atoms with E-state index in [-0.39, 0.29) is 11.4 Å². The molecule has 0 spiro atoms. The molecule has 2 rings (SSSR count). The molecule has 1 atom stereocenters. The molecule has 6 heteroatoms. The Morgan fingerprint density at radius 3 is 3.05 bits per heavy atom. The largest absolute Gasteiger partial charge is 0.409 e. The second kappa shape index (κ2) is 7.38. The highest BCUT2D eigenvalue weighted by atomic mass is 19.1. The van der Waals surface area contributed by atoms with Crippen LogP contribution >= 0.6 is 0 Å². The molecule has 1 saturated heterocycles. The van der Waals surface area contributed by atoms with Crippen LogP contribution in [-0.2, 0) is 6.54 Å². The van der Waals surface area contributed by atoms with Crippen LogP contribution in [0.4, 0.5) is 4.39 Å². The lowest BCUT2D eigenvalue weighted by molar-refractivity contribution is 0.318. The Balaban J connectivity index is 1.89.